The number of aromatic nitrogens is 3. The van der Waals surface area contributed by atoms with Crippen LogP contribution in [-0.4, -0.2) is 21.9 Å². The van der Waals surface area contributed by atoms with Crippen LogP contribution in [0.25, 0.3) is 10.8 Å². The van der Waals surface area contributed by atoms with E-state index in [1.54, 1.807) is 18.0 Å². The van der Waals surface area contributed by atoms with Gasteiger partial charge in [-0.05, 0) is 30.5 Å². The highest BCUT2D eigenvalue weighted by Crippen LogP contribution is 2.28. The Bertz CT molecular complexity index is 764. The zero-order chi connectivity index (χ0) is 14.1. The molecule has 0 saturated heterocycles. The Kier molecular flexibility index (Phi) is 3.02. The van der Waals surface area contributed by atoms with Gasteiger partial charge in [0.25, 0.3) is 0 Å². The number of nitrogens with zero attached hydrogens (tertiary/aromatic N) is 3. The van der Waals surface area contributed by atoms with Gasteiger partial charge in [0.2, 0.25) is 0 Å². The summed E-state index contributed by atoms with van der Waals surface area (Å²) in [6.07, 6.45) is 3.73. The third-order valence-corrected chi connectivity index (χ3v) is 3.24. The van der Waals surface area contributed by atoms with E-state index in [9.17, 15) is 0 Å². The van der Waals surface area contributed by atoms with E-state index in [0.717, 1.165) is 33.7 Å². The quantitative estimate of drug-likeness (QED) is 0.793. The standard InChI is InChI=1S/C15H16N4O/c1-10-14(9-19(2)18-10)17-15-13-8-12(20-3)5-4-11(13)6-7-16-15/h4-9H,1-3H3,(H,16,17). The first-order valence-electron chi connectivity index (χ1n) is 6.37. The number of benzene rings is 1. The fourth-order valence-corrected chi connectivity index (χ4v) is 2.22. The van der Waals surface area contributed by atoms with Gasteiger partial charge >= 0.3 is 0 Å². The molecule has 0 bridgehead atoms. The summed E-state index contributed by atoms with van der Waals surface area (Å²) < 4.78 is 7.06. The molecule has 5 nitrogen and oxygen atoms in total. The lowest BCUT2D eigenvalue weighted by Gasteiger charge is -2.09. The second kappa shape index (κ2) is 4.85. The molecule has 3 rings (SSSR count). The molecular weight excluding hydrogens is 252 g/mol. The molecule has 2 heterocycles. The molecule has 0 aliphatic heterocycles. The molecule has 0 unspecified atom stereocenters. The van der Waals surface area contributed by atoms with Crippen molar-refractivity contribution >= 4 is 22.3 Å². The van der Waals surface area contributed by atoms with E-state index >= 15 is 0 Å². The number of pyridine rings is 1. The van der Waals surface area contributed by atoms with Gasteiger partial charge in [-0.3, -0.25) is 4.68 Å². The maximum Gasteiger partial charge on any atom is 0.138 e. The van der Waals surface area contributed by atoms with Crippen molar-refractivity contribution in [2.45, 2.75) is 6.92 Å². The molecule has 20 heavy (non-hydrogen) atoms. The van der Waals surface area contributed by atoms with Crippen LogP contribution >= 0.6 is 0 Å². The van der Waals surface area contributed by atoms with Crippen LogP contribution in [0.5, 0.6) is 5.75 Å². The summed E-state index contributed by atoms with van der Waals surface area (Å²) in [6, 6.07) is 7.94. The Morgan fingerprint density at radius 1 is 1.25 bits per heavy atom. The average molecular weight is 268 g/mol. The van der Waals surface area contributed by atoms with Crippen LogP contribution in [0.4, 0.5) is 11.5 Å². The molecule has 0 spiro atoms. The normalized spacial score (nSPS) is 10.8. The molecule has 0 atom stereocenters. The second-order valence-electron chi connectivity index (χ2n) is 4.67. The summed E-state index contributed by atoms with van der Waals surface area (Å²) in [4.78, 5) is 4.42. The molecule has 5 heteroatoms. The first-order chi connectivity index (χ1) is 9.67. The number of fused-ring (bicyclic) bond motifs is 1. The van der Waals surface area contributed by atoms with E-state index in [2.05, 4.69) is 15.4 Å². The highest BCUT2D eigenvalue weighted by Gasteiger charge is 2.08. The SMILES string of the molecule is COc1ccc2ccnc(Nc3cn(C)nc3C)c2c1. The molecule has 1 aromatic carbocycles. The topological polar surface area (TPSA) is 52.0 Å². The minimum absolute atomic E-state index is 0.803. The first-order valence-corrected chi connectivity index (χ1v) is 6.37. The van der Waals surface area contributed by atoms with Crippen molar-refractivity contribution < 1.29 is 4.74 Å². The molecule has 1 N–H and O–H groups in total. The number of nitrogens with one attached hydrogen (secondary N) is 1. The summed E-state index contributed by atoms with van der Waals surface area (Å²) in [6.45, 7) is 1.97. The Morgan fingerprint density at radius 2 is 2.10 bits per heavy atom. The van der Waals surface area contributed by atoms with E-state index in [1.807, 2.05) is 44.4 Å². The highest BCUT2D eigenvalue weighted by atomic mass is 16.5. The van der Waals surface area contributed by atoms with E-state index in [4.69, 9.17) is 4.74 Å². The number of hydrogen-bond donors (Lipinski definition) is 1. The Morgan fingerprint density at radius 3 is 2.80 bits per heavy atom. The van der Waals surface area contributed by atoms with Crippen LogP contribution in [0.1, 0.15) is 5.69 Å². The van der Waals surface area contributed by atoms with Gasteiger partial charge in [0.15, 0.2) is 0 Å². The number of hydrogen-bond acceptors (Lipinski definition) is 4. The molecular formula is C15H16N4O. The Balaban J connectivity index is 2.08. The lowest BCUT2D eigenvalue weighted by Crippen LogP contribution is -1.95. The van der Waals surface area contributed by atoms with Gasteiger partial charge in [0.05, 0.1) is 18.5 Å². The van der Waals surface area contributed by atoms with Gasteiger partial charge in [0.1, 0.15) is 11.6 Å². The number of ether oxygens (including phenoxy) is 1. The van der Waals surface area contributed by atoms with Crippen molar-refractivity contribution in [1.29, 1.82) is 0 Å². The summed E-state index contributed by atoms with van der Waals surface area (Å²) in [7, 11) is 3.56. The fraction of sp³-hybridized carbons (Fsp3) is 0.200. The average Bonchev–Trinajstić information content (AvgIpc) is 2.77. The summed E-state index contributed by atoms with van der Waals surface area (Å²) in [5, 5.41) is 9.80. The Hall–Kier alpha value is -2.56. The van der Waals surface area contributed by atoms with Crippen molar-refractivity contribution in [3.63, 3.8) is 0 Å². The second-order valence-corrected chi connectivity index (χ2v) is 4.67. The zero-order valence-electron chi connectivity index (χ0n) is 11.7. The van der Waals surface area contributed by atoms with Crippen LogP contribution in [0.2, 0.25) is 0 Å². The maximum absolute atomic E-state index is 5.28. The molecule has 2 aromatic heterocycles. The maximum atomic E-state index is 5.28. The number of methoxy groups -OCH3 is 1. The summed E-state index contributed by atoms with van der Waals surface area (Å²) in [5.74, 6) is 1.62. The van der Waals surface area contributed by atoms with Gasteiger partial charge in [-0.2, -0.15) is 5.10 Å². The predicted octanol–water partition coefficient (Wildman–Crippen LogP) is 3.03. The van der Waals surface area contributed by atoms with Gasteiger partial charge in [0, 0.05) is 24.8 Å². The van der Waals surface area contributed by atoms with Crippen LogP contribution in [0.15, 0.2) is 36.7 Å². The summed E-state index contributed by atoms with van der Waals surface area (Å²) >= 11 is 0. The number of aryl methyl sites for hydroxylation is 2. The summed E-state index contributed by atoms with van der Waals surface area (Å²) in [5.41, 5.74) is 1.89. The third kappa shape index (κ3) is 2.18. The number of anilines is 2. The van der Waals surface area contributed by atoms with Gasteiger partial charge in [-0.1, -0.05) is 6.07 Å². The molecule has 0 amide bonds. The lowest BCUT2D eigenvalue weighted by molar-refractivity contribution is 0.415. The molecule has 0 aliphatic carbocycles. The molecule has 102 valence electrons. The third-order valence-electron chi connectivity index (χ3n) is 3.24. The monoisotopic (exact) mass is 268 g/mol. The molecule has 3 aromatic rings. The van der Waals surface area contributed by atoms with Gasteiger partial charge in [-0.15, -0.1) is 0 Å². The largest absolute Gasteiger partial charge is 0.497 e. The van der Waals surface area contributed by atoms with E-state index in [0.29, 0.717) is 0 Å². The fourth-order valence-electron chi connectivity index (χ4n) is 2.22. The van der Waals surface area contributed by atoms with Crippen molar-refractivity contribution in [1.82, 2.24) is 14.8 Å². The minimum atomic E-state index is 0.803. The van der Waals surface area contributed by atoms with Crippen molar-refractivity contribution in [2.75, 3.05) is 12.4 Å². The Labute approximate surface area is 117 Å². The van der Waals surface area contributed by atoms with Crippen molar-refractivity contribution in [2.24, 2.45) is 7.05 Å². The van der Waals surface area contributed by atoms with Crippen LogP contribution < -0.4 is 10.1 Å². The van der Waals surface area contributed by atoms with Crippen molar-refractivity contribution in [3.05, 3.63) is 42.4 Å². The molecule has 0 saturated carbocycles. The van der Waals surface area contributed by atoms with Crippen LogP contribution in [0, 0.1) is 6.92 Å². The molecule has 0 aliphatic rings. The van der Waals surface area contributed by atoms with Gasteiger partial charge < -0.3 is 10.1 Å². The zero-order valence-corrected chi connectivity index (χ0v) is 11.7. The molecule has 0 radical (unpaired) electrons. The van der Waals surface area contributed by atoms with Crippen LogP contribution in [-0.2, 0) is 7.05 Å². The van der Waals surface area contributed by atoms with Crippen LogP contribution in [0.3, 0.4) is 0 Å². The first kappa shape index (κ1) is 12.5. The highest BCUT2D eigenvalue weighted by molar-refractivity contribution is 5.94. The van der Waals surface area contributed by atoms with E-state index in [1.165, 1.54) is 0 Å². The van der Waals surface area contributed by atoms with E-state index in [-0.39, 0.29) is 0 Å². The number of rotatable bonds is 3. The van der Waals surface area contributed by atoms with Crippen molar-refractivity contribution in [3.8, 4) is 5.75 Å². The van der Waals surface area contributed by atoms with E-state index < -0.39 is 0 Å². The smallest absolute Gasteiger partial charge is 0.138 e. The lowest BCUT2D eigenvalue weighted by atomic mass is 10.1. The van der Waals surface area contributed by atoms with Gasteiger partial charge in [-0.25, -0.2) is 4.98 Å². The minimum Gasteiger partial charge on any atom is -0.497 e. The molecule has 0 fully saturated rings. The predicted molar refractivity (Wildman–Crippen MR) is 79.5 cm³/mol.